The number of aliphatic hydroxyl groups excluding tert-OH is 1. The highest BCUT2D eigenvalue weighted by atomic mass is 19.1. The Morgan fingerprint density at radius 1 is 1.57 bits per heavy atom. The number of benzene rings is 1. The molecule has 0 aromatic heterocycles. The molecule has 21 heavy (non-hydrogen) atoms. The van der Waals surface area contributed by atoms with Gasteiger partial charge in [-0.3, -0.25) is 4.79 Å². The Bertz CT molecular complexity index is 577. The van der Waals surface area contributed by atoms with Crippen LogP contribution in [0.25, 0.3) is 0 Å². The number of hydrogen-bond donors (Lipinski definition) is 2. The molecule has 0 aliphatic carbocycles. The molecule has 1 heterocycles. The zero-order valence-electron chi connectivity index (χ0n) is 12.0. The van der Waals surface area contributed by atoms with E-state index in [1.54, 1.807) is 6.07 Å². The number of hydrogen-bond acceptors (Lipinski definition) is 3. The van der Waals surface area contributed by atoms with Crippen molar-refractivity contribution < 1.29 is 14.3 Å². The fourth-order valence-corrected chi connectivity index (χ4v) is 2.45. The predicted octanol–water partition coefficient (Wildman–Crippen LogP) is 0.993. The van der Waals surface area contributed by atoms with Crippen molar-refractivity contribution in [3.8, 4) is 11.8 Å². The molecule has 1 aromatic rings. The molecule has 1 atom stereocenters. The molecule has 0 radical (unpaired) electrons. The number of rotatable bonds is 2. The Balaban J connectivity index is 2.04. The minimum absolute atomic E-state index is 0.105. The SMILES string of the molecule is CN1CCCC(NC(=O)c2ccc(C#CCO)c(F)c2)C1. The Morgan fingerprint density at radius 3 is 3.05 bits per heavy atom. The van der Waals surface area contributed by atoms with E-state index in [4.69, 9.17) is 5.11 Å². The molecule has 0 bridgehead atoms. The van der Waals surface area contributed by atoms with Crippen LogP contribution in [0.15, 0.2) is 18.2 Å². The van der Waals surface area contributed by atoms with Crippen LogP contribution in [0.3, 0.4) is 0 Å². The zero-order valence-corrected chi connectivity index (χ0v) is 12.0. The first-order valence-electron chi connectivity index (χ1n) is 6.99. The highest BCUT2D eigenvalue weighted by Crippen LogP contribution is 2.12. The number of piperidine rings is 1. The van der Waals surface area contributed by atoms with Crippen LogP contribution in [0.5, 0.6) is 0 Å². The molecule has 2 rings (SSSR count). The van der Waals surface area contributed by atoms with E-state index in [9.17, 15) is 9.18 Å². The van der Waals surface area contributed by atoms with Crippen LogP contribution in [-0.2, 0) is 0 Å². The fourth-order valence-electron chi connectivity index (χ4n) is 2.45. The third kappa shape index (κ3) is 4.28. The van der Waals surface area contributed by atoms with E-state index in [0.29, 0.717) is 0 Å². The van der Waals surface area contributed by atoms with Gasteiger partial charge < -0.3 is 15.3 Å². The molecule has 5 heteroatoms. The average molecular weight is 290 g/mol. The maximum atomic E-state index is 13.8. The second-order valence-electron chi connectivity index (χ2n) is 5.23. The van der Waals surface area contributed by atoms with Crippen molar-refractivity contribution in [2.24, 2.45) is 0 Å². The van der Waals surface area contributed by atoms with Gasteiger partial charge in [-0.15, -0.1) is 0 Å². The lowest BCUT2D eigenvalue weighted by Gasteiger charge is -2.30. The van der Waals surface area contributed by atoms with Crippen molar-refractivity contribution in [3.63, 3.8) is 0 Å². The predicted molar refractivity (Wildman–Crippen MR) is 78.3 cm³/mol. The number of likely N-dealkylation sites (N-methyl/N-ethyl adjacent to an activating group) is 1. The molecule has 1 saturated heterocycles. The number of aliphatic hydroxyl groups is 1. The summed E-state index contributed by atoms with van der Waals surface area (Å²) in [5.74, 6) is 4.07. The van der Waals surface area contributed by atoms with Gasteiger partial charge in [-0.05, 0) is 44.6 Å². The molecule has 2 N–H and O–H groups in total. The lowest BCUT2D eigenvalue weighted by molar-refractivity contribution is 0.0912. The van der Waals surface area contributed by atoms with Gasteiger partial charge in [0.05, 0.1) is 5.56 Å². The van der Waals surface area contributed by atoms with Crippen LogP contribution in [0.4, 0.5) is 4.39 Å². The Hall–Kier alpha value is -1.90. The normalized spacial score (nSPS) is 18.7. The van der Waals surface area contributed by atoms with Crippen LogP contribution in [0.1, 0.15) is 28.8 Å². The second kappa shape index (κ2) is 7.21. The van der Waals surface area contributed by atoms with E-state index < -0.39 is 5.82 Å². The molecule has 1 unspecified atom stereocenters. The minimum atomic E-state index is -0.552. The van der Waals surface area contributed by atoms with Gasteiger partial charge in [-0.2, -0.15) is 0 Å². The third-order valence-electron chi connectivity index (χ3n) is 3.49. The van der Waals surface area contributed by atoms with Crippen LogP contribution >= 0.6 is 0 Å². The molecular weight excluding hydrogens is 271 g/mol. The smallest absolute Gasteiger partial charge is 0.251 e. The minimum Gasteiger partial charge on any atom is -0.384 e. The maximum absolute atomic E-state index is 13.8. The van der Waals surface area contributed by atoms with Crippen LogP contribution in [0, 0.1) is 17.7 Å². The summed E-state index contributed by atoms with van der Waals surface area (Å²) < 4.78 is 13.8. The largest absolute Gasteiger partial charge is 0.384 e. The monoisotopic (exact) mass is 290 g/mol. The molecule has 1 aliphatic rings. The van der Waals surface area contributed by atoms with Crippen LogP contribution in [-0.4, -0.2) is 48.7 Å². The molecule has 1 aliphatic heterocycles. The molecule has 0 saturated carbocycles. The van der Waals surface area contributed by atoms with E-state index in [1.165, 1.54) is 12.1 Å². The first kappa shape index (κ1) is 15.5. The van der Waals surface area contributed by atoms with E-state index in [1.807, 2.05) is 7.05 Å². The van der Waals surface area contributed by atoms with E-state index in [-0.39, 0.29) is 29.7 Å². The number of nitrogens with one attached hydrogen (secondary N) is 1. The molecular formula is C16H19FN2O2. The van der Waals surface area contributed by atoms with Crippen molar-refractivity contribution in [2.45, 2.75) is 18.9 Å². The summed E-state index contributed by atoms with van der Waals surface area (Å²) in [7, 11) is 2.02. The molecule has 1 fully saturated rings. The van der Waals surface area contributed by atoms with Gasteiger partial charge in [-0.1, -0.05) is 11.8 Å². The van der Waals surface area contributed by atoms with Crippen molar-refractivity contribution in [1.82, 2.24) is 10.2 Å². The lowest BCUT2D eigenvalue weighted by atomic mass is 10.1. The van der Waals surface area contributed by atoms with Gasteiger partial charge in [-0.25, -0.2) is 4.39 Å². The van der Waals surface area contributed by atoms with Gasteiger partial charge in [0.15, 0.2) is 0 Å². The lowest BCUT2D eigenvalue weighted by Crippen LogP contribution is -2.46. The molecule has 1 aromatic carbocycles. The number of halogens is 1. The Labute approximate surface area is 124 Å². The number of carbonyl (C=O) groups is 1. The number of amides is 1. The number of carbonyl (C=O) groups excluding carboxylic acids is 1. The summed E-state index contributed by atoms with van der Waals surface area (Å²) in [6.07, 6.45) is 1.99. The number of likely N-dealkylation sites (tertiary alicyclic amines) is 1. The molecule has 1 amide bonds. The quantitative estimate of drug-likeness (QED) is 0.799. The molecule has 4 nitrogen and oxygen atoms in total. The molecule has 0 spiro atoms. The number of nitrogens with zero attached hydrogens (tertiary/aromatic N) is 1. The van der Waals surface area contributed by atoms with Crippen LogP contribution < -0.4 is 5.32 Å². The summed E-state index contributed by atoms with van der Waals surface area (Å²) in [6, 6.07) is 4.29. The van der Waals surface area contributed by atoms with Crippen molar-refractivity contribution >= 4 is 5.91 Å². The highest BCUT2D eigenvalue weighted by molar-refractivity contribution is 5.94. The average Bonchev–Trinajstić information content (AvgIpc) is 2.46. The Kier molecular flexibility index (Phi) is 5.32. The van der Waals surface area contributed by atoms with Crippen LogP contribution in [0.2, 0.25) is 0 Å². The Morgan fingerprint density at radius 2 is 2.38 bits per heavy atom. The topological polar surface area (TPSA) is 52.6 Å². The fraction of sp³-hybridized carbons (Fsp3) is 0.438. The van der Waals surface area contributed by atoms with Gasteiger partial charge in [0.25, 0.3) is 5.91 Å². The zero-order chi connectivity index (χ0) is 15.2. The highest BCUT2D eigenvalue weighted by Gasteiger charge is 2.19. The van der Waals surface area contributed by atoms with Gasteiger partial charge >= 0.3 is 0 Å². The summed E-state index contributed by atoms with van der Waals surface area (Å²) in [4.78, 5) is 14.3. The molecule has 112 valence electrons. The maximum Gasteiger partial charge on any atom is 0.251 e. The standard InChI is InChI=1S/C16H19FN2O2/c1-19-8-2-5-14(11-19)18-16(21)13-7-6-12(4-3-9-20)15(17)10-13/h6-7,10,14,20H,2,5,8-9,11H2,1H3,(H,18,21). The summed E-state index contributed by atoms with van der Waals surface area (Å²) >= 11 is 0. The van der Waals surface area contributed by atoms with E-state index in [0.717, 1.165) is 25.9 Å². The van der Waals surface area contributed by atoms with Gasteiger partial charge in [0.1, 0.15) is 12.4 Å². The van der Waals surface area contributed by atoms with Crippen molar-refractivity contribution in [3.05, 3.63) is 35.1 Å². The van der Waals surface area contributed by atoms with Gasteiger partial charge in [0, 0.05) is 18.2 Å². The van der Waals surface area contributed by atoms with Crippen molar-refractivity contribution in [2.75, 3.05) is 26.7 Å². The van der Waals surface area contributed by atoms with Gasteiger partial charge in [0.2, 0.25) is 0 Å². The third-order valence-corrected chi connectivity index (χ3v) is 3.49. The first-order chi connectivity index (χ1) is 10.1. The van der Waals surface area contributed by atoms with E-state index in [2.05, 4.69) is 22.1 Å². The summed E-state index contributed by atoms with van der Waals surface area (Å²) in [5.41, 5.74) is 0.466. The van der Waals surface area contributed by atoms with Crippen molar-refractivity contribution in [1.29, 1.82) is 0 Å². The summed E-state index contributed by atoms with van der Waals surface area (Å²) in [6.45, 7) is 1.53. The van der Waals surface area contributed by atoms with E-state index >= 15 is 0 Å². The first-order valence-corrected chi connectivity index (χ1v) is 6.99. The second-order valence-corrected chi connectivity index (χ2v) is 5.23. The summed E-state index contributed by atoms with van der Waals surface area (Å²) in [5, 5.41) is 11.5.